The molecule has 5 aromatic heterocycles. The Hall–Kier alpha value is -7.10. The number of carboxylic acid groups (broad SMARTS) is 1. The van der Waals surface area contributed by atoms with E-state index in [-0.39, 0.29) is 65.5 Å². The van der Waals surface area contributed by atoms with E-state index in [9.17, 15) is 33.9 Å². The van der Waals surface area contributed by atoms with E-state index < -0.39 is 5.97 Å². The number of carboxylic acids is 1. The van der Waals surface area contributed by atoms with E-state index in [0.717, 1.165) is 243 Å². The van der Waals surface area contributed by atoms with Gasteiger partial charge in [0.05, 0.1) is 67.4 Å². The highest BCUT2D eigenvalue weighted by atomic mass is 32.1. The number of esters is 2. The predicted molar refractivity (Wildman–Crippen MR) is 419 cm³/mol. The molecule has 104 heavy (non-hydrogen) atoms. The van der Waals surface area contributed by atoms with Gasteiger partial charge in [0, 0.05) is 76.7 Å². The van der Waals surface area contributed by atoms with Crippen LogP contribution in [-0.2, 0) is 23.9 Å². The zero-order valence-electron chi connectivity index (χ0n) is 62.3. The third-order valence-electron chi connectivity index (χ3n) is 23.9. The Morgan fingerprint density at radius 3 is 1.01 bits per heavy atom. The number of hydrogen-bond acceptors (Lipinski definition) is 17. The zero-order valence-corrected chi connectivity index (χ0v) is 64.7. The minimum absolute atomic E-state index is 0.0134. The molecule has 0 aromatic carbocycles. The standard InChI is InChI=1S/C29H38N4O3S.C28H36N4O3S.C26H37NO3S/c1-20-8-10-22(11-9-20)28(34)33(23-12-14-32(15-13-23)24-17-30-19-31-18-24)25-16-26(21-6-4-3-5-7-21)37-27(25)29(35)36-2;1-19-7-9-21(10-8-19)27(33)32(22-11-13-31(14-12-22)23-16-29-18-30-17-23)24-15-25(36-26(24)28(34)35)20-5-3-2-4-6-20;1-18-13-15-20(16-14-18)25(28)27(21-11-7-4-8-12-21)22-17-23(19-9-5-3-6-10-19)31-24(22)26(29)30-2/h6,16-20,22-23H,3-5,7-15H2,1-2H3;5,15-19,21-22H,2-4,6-14H2,1H3,(H,34,35);9,17-18,20-21H,3-8,10-16H2,1-2H3. The molecule has 18 nitrogen and oxygen atoms in total. The third kappa shape index (κ3) is 18.8. The topological polar surface area (TPSA) is 209 Å². The SMILES string of the molecule is CC1CCC(C(=O)N(c2cc(C3=CCCCC3)sc2C(=O)O)C2CCN(c3cncnc3)CC2)CC1.COC(=O)c1sc(C2=CCCCC2)cc1N(C(=O)C1CCC(C)CC1)C1CCCCC1.COC(=O)c1sc(C2=CCCCC2)cc1N(C(=O)C1CCC(C)CC1)C1CCN(c2cncnc2)CC1. The Balaban J connectivity index is 0.000000147. The van der Waals surface area contributed by atoms with Crippen LogP contribution in [0.1, 0.15) is 276 Å². The van der Waals surface area contributed by atoms with Crippen LogP contribution >= 0.6 is 34.0 Å². The second-order valence-electron chi connectivity index (χ2n) is 31.1. The molecule has 0 unspecified atom stereocenters. The van der Waals surface area contributed by atoms with Crippen molar-refractivity contribution in [1.82, 2.24) is 19.9 Å². The lowest BCUT2D eigenvalue weighted by Gasteiger charge is -2.41. The Morgan fingerprint density at radius 2 is 0.712 bits per heavy atom. The summed E-state index contributed by atoms with van der Waals surface area (Å²) in [5, 5.41) is 10.2. The molecule has 7 heterocycles. The molecule has 21 heteroatoms. The maximum absolute atomic E-state index is 14.2. The molecular formula is C83H111N9O9S3. The maximum Gasteiger partial charge on any atom is 0.350 e. The smallest absolute Gasteiger partial charge is 0.350 e. The number of ether oxygens (including phenoxy) is 2. The molecule has 2 aliphatic heterocycles. The highest BCUT2D eigenvalue weighted by Crippen LogP contribution is 2.47. The van der Waals surface area contributed by atoms with Gasteiger partial charge in [0.2, 0.25) is 17.7 Å². The van der Waals surface area contributed by atoms with E-state index in [1.165, 1.54) is 103 Å². The summed E-state index contributed by atoms with van der Waals surface area (Å²) in [6, 6.07) is 6.47. The summed E-state index contributed by atoms with van der Waals surface area (Å²) in [6.07, 6.45) is 51.6. The Bertz CT molecular complexity index is 3800. The number of aromatic nitrogens is 4. The van der Waals surface area contributed by atoms with Gasteiger partial charge in [-0.25, -0.2) is 34.3 Å². The van der Waals surface area contributed by atoms with Crippen LogP contribution in [-0.4, -0.2) is 119 Å². The van der Waals surface area contributed by atoms with Crippen LogP contribution in [0.25, 0.3) is 16.7 Å². The van der Waals surface area contributed by atoms with Crippen LogP contribution in [0.5, 0.6) is 0 Å². The van der Waals surface area contributed by atoms with Gasteiger partial charge in [-0.15, -0.1) is 34.0 Å². The summed E-state index contributed by atoms with van der Waals surface area (Å²) in [7, 11) is 2.88. The van der Waals surface area contributed by atoms with Gasteiger partial charge in [0.25, 0.3) is 0 Å². The van der Waals surface area contributed by atoms with Crippen LogP contribution in [0.4, 0.5) is 28.4 Å². The minimum Gasteiger partial charge on any atom is -0.477 e. The first-order valence-corrected chi connectivity index (χ1v) is 42.0. The number of nitrogens with zero attached hydrogens (tertiary/aromatic N) is 9. The summed E-state index contributed by atoms with van der Waals surface area (Å²) < 4.78 is 10.4. The highest BCUT2D eigenvalue weighted by Gasteiger charge is 2.42. The van der Waals surface area contributed by atoms with Crippen molar-refractivity contribution in [2.75, 3.05) is 64.9 Å². The lowest BCUT2D eigenvalue weighted by molar-refractivity contribution is -0.125. The number of thiophene rings is 3. The number of rotatable bonds is 17. The summed E-state index contributed by atoms with van der Waals surface area (Å²) >= 11 is 4.35. The molecule has 2 saturated heterocycles. The largest absolute Gasteiger partial charge is 0.477 e. The number of methoxy groups -OCH3 is 2. The molecule has 560 valence electrons. The molecule has 7 aliphatic carbocycles. The van der Waals surface area contributed by atoms with Gasteiger partial charge >= 0.3 is 17.9 Å². The van der Waals surface area contributed by atoms with Crippen LogP contribution in [0.15, 0.2) is 73.9 Å². The molecule has 5 aromatic rings. The highest BCUT2D eigenvalue weighted by molar-refractivity contribution is 7.16. The molecule has 0 spiro atoms. The van der Waals surface area contributed by atoms with Gasteiger partial charge in [-0.3, -0.25) is 14.4 Å². The molecular weight excluding hydrogens is 1360 g/mol. The lowest BCUT2D eigenvalue weighted by atomic mass is 9.81. The number of allylic oxidation sites excluding steroid dienone is 6. The van der Waals surface area contributed by atoms with Gasteiger partial charge in [-0.05, 0) is 245 Å². The second kappa shape index (κ2) is 36.9. The normalized spacial score (nSPS) is 23.6. The average Bonchev–Trinajstić information content (AvgIpc) is 1.47. The van der Waals surface area contributed by atoms with E-state index in [2.05, 4.69) is 85.8 Å². The van der Waals surface area contributed by atoms with Crippen LogP contribution < -0.4 is 24.5 Å². The predicted octanol–water partition coefficient (Wildman–Crippen LogP) is 19.1. The monoisotopic (exact) mass is 1470 g/mol. The lowest BCUT2D eigenvalue weighted by Crippen LogP contribution is -2.50. The maximum atomic E-state index is 14.2. The van der Waals surface area contributed by atoms with Gasteiger partial charge < -0.3 is 39.1 Å². The van der Waals surface area contributed by atoms with Crippen molar-refractivity contribution in [3.05, 3.63) is 103 Å². The number of aromatic carboxylic acids is 1. The molecule has 3 amide bonds. The van der Waals surface area contributed by atoms with Crippen molar-refractivity contribution < 1.29 is 43.3 Å². The zero-order chi connectivity index (χ0) is 72.6. The van der Waals surface area contributed by atoms with Crippen LogP contribution in [0, 0.1) is 35.5 Å². The number of anilines is 5. The third-order valence-corrected chi connectivity index (χ3v) is 27.5. The van der Waals surface area contributed by atoms with E-state index in [1.54, 1.807) is 6.33 Å². The van der Waals surface area contributed by atoms with Crippen LogP contribution in [0.3, 0.4) is 0 Å². The fourth-order valence-corrected chi connectivity index (χ4v) is 20.9. The van der Waals surface area contributed by atoms with E-state index in [4.69, 9.17) is 9.47 Å². The van der Waals surface area contributed by atoms with E-state index in [0.29, 0.717) is 38.1 Å². The van der Waals surface area contributed by atoms with E-state index >= 15 is 0 Å². The first-order valence-electron chi connectivity index (χ1n) is 39.5. The minimum atomic E-state index is -0.938. The summed E-state index contributed by atoms with van der Waals surface area (Å²) in [5.41, 5.74) is 8.04. The number of amides is 3. The molecule has 0 bridgehead atoms. The Morgan fingerprint density at radius 1 is 0.404 bits per heavy atom. The number of hydrogen-bond donors (Lipinski definition) is 1. The molecule has 0 atom stereocenters. The fraction of sp³-hybridized carbons (Fsp3) is 0.614. The number of carbonyl (C=O) groups is 6. The average molecular weight is 1480 g/mol. The number of carbonyl (C=O) groups excluding carboxylic acids is 5. The molecule has 0 radical (unpaired) electrons. The molecule has 4 saturated carbocycles. The summed E-state index contributed by atoms with van der Waals surface area (Å²) in [4.78, 5) is 112. The second-order valence-corrected chi connectivity index (χ2v) is 34.3. The van der Waals surface area contributed by atoms with Gasteiger partial charge in [-0.1, -0.05) is 58.3 Å². The van der Waals surface area contributed by atoms with E-state index in [1.807, 2.05) is 40.7 Å². The van der Waals surface area contributed by atoms with Gasteiger partial charge in [0.1, 0.15) is 27.3 Å². The fourth-order valence-electron chi connectivity index (χ4n) is 17.6. The summed E-state index contributed by atoms with van der Waals surface area (Å²) in [5.74, 6) is 1.05. The molecule has 1 N–H and O–H groups in total. The molecule has 9 aliphatic rings. The quantitative estimate of drug-likeness (QED) is 0.0859. The van der Waals surface area contributed by atoms with Gasteiger partial charge in [-0.2, -0.15) is 0 Å². The van der Waals surface area contributed by atoms with Crippen LogP contribution in [0.2, 0.25) is 0 Å². The van der Waals surface area contributed by atoms with Gasteiger partial charge in [0.15, 0.2) is 0 Å². The van der Waals surface area contributed by atoms with Crippen molar-refractivity contribution in [2.45, 2.75) is 251 Å². The van der Waals surface area contributed by atoms with Crippen molar-refractivity contribution in [3.8, 4) is 0 Å². The first kappa shape index (κ1) is 76.5. The first-order chi connectivity index (χ1) is 50.6. The van der Waals surface area contributed by atoms with Crippen molar-refractivity contribution in [2.24, 2.45) is 35.5 Å². The Labute approximate surface area is 628 Å². The molecule has 14 rings (SSSR count). The van der Waals surface area contributed by atoms with Crippen molar-refractivity contribution in [1.29, 1.82) is 0 Å². The number of piperidine rings is 2. The Kier molecular flexibility index (Phi) is 27.2. The molecule has 6 fully saturated rings. The van der Waals surface area contributed by atoms with Crippen molar-refractivity contribution in [3.63, 3.8) is 0 Å². The summed E-state index contributed by atoms with van der Waals surface area (Å²) in [6.45, 7) is 10.0. The van der Waals surface area contributed by atoms with Crippen molar-refractivity contribution >= 4 is 115 Å².